The first-order chi connectivity index (χ1) is 8.61. The summed E-state index contributed by atoms with van der Waals surface area (Å²) in [4.78, 5) is 0. The fraction of sp³-hybridized carbons (Fsp3) is 0.600. The molecule has 102 valence electrons. The van der Waals surface area contributed by atoms with Crippen LogP contribution in [0.1, 0.15) is 26.3 Å². The third-order valence-electron chi connectivity index (χ3n) is 2.54. The zero-order valence-electron chi connectivity index (χ0n) is 11.9. The quantitative estimate of drug-likeness (QED) is 0.770. The number of hydrogen-bond acceptors (Lipinski definition) is 3. The number of nitrogens with one attached hydrogen (secondary N) is 1. The van der Waals surface area contributed by atoms with E-state index in [9.17, 15) is 0 Å². The lowest BCUT2D eigenvalue weighted by atomic mass is 10.2. The van der Waals surface area contributed by atoms with E-state index < -0.39 is 0 Å². The average molecular weight is 251 g/mol. The molecule has 0 aromatic heterocycles. The van der Waals surface area contributed by atoms with Crippen molar-refractivity contribution < 1.29 is 9.47 Å². The molecule has 0 aliphatic carbocycles. The lowest BCUT2D eigenvalue weighted by Gasteiger charge is -2.13. The van der Waals surface area contributed by atoms with Crippen LogP contribution in [0.2, 0.25) is 0 Å². The summed E-state index contributed by atoms with van der Waals surface area (Å²) in [6.07, 6.45) is 0.218. The summed E-state index contributed by atoms with van der Waals surface area (Å²) >= 11 is 0. The van der Waals surface area contributed by atoms with Crippen LogP contribution in [0.3, 0.4) is 0 Å². The summed E-state index contributed by atoms with van der Waals surface area (Å²) in [5, 5.41) is 3.43. The van der Waals surface area contributed by atoms with Gasteiger partial charge in [0.15, 0.2) is 0 Å². The molecule has 0 fully saturated rings. The zero-order chi connectivity index (χ0) is 13.4. The van der Waals surface area contributed by atoms with E-state index in [0.717, 1.165) is 25.4 Å². The summed E-state index contributed by atoms with van der Waals surface area (Å²) in [6, 6.07) is 8.24. The van der Waals surface area contributed by atoms with E-state index >= 15 is 0 Å². The lowest BCUT2D eigenvalue weighted by molar-refractivity contribution is 0.158. The second-order valence-corrected chi connectivity index (χ2v) is 5.01. The molecule has 0 aliphatic rings. The van der Waals surface area contributed by atoms with Crippen LogP contribution in [0.15, 0.2) is 24.3 Å². The first kappa shape index (κ1) is 15.0. The topological polar surface area (TPSA) is 30.5 Å². The van der Waals surface area contributed by atoms with Crippen molar-refractivity contribution in [3.63, 3.8) is 0 Å². The predicted octanol–water partition coefficient (Wildman–Crippen LogP) is 2.85. The molecule has 1 aromatic rings. The summed E-state index contributed by atoms with van der Waals surface area (Å²) in [5.74, 6) is 1.47. The van der Waals surface area contributed by atoms with Gasteiger partial charge in [0, 0.05) is 26.8 Å². The molecule has 3 heteroatoms. The molecule has 0 heterocycles. The molecular formula is C15H25NO2. The summed E-state index contributed by atoms with van der Waals surface area (Å²) < 4.78 is 10.8. The second kappa shape index (κ2) is 8.11. The fourth-order valence-electron chi connectivity index (χ4n) is 1.81. The molecular weight excluding hydrogens is 226 g/mol. The smallest absolute Gasteiger partial charge is 0.120 e. The molecule has 0 amide bonds. The van der Waals surface area contributed by atoms with E-state index in [2.05, 4.69) is 24.4 Å². The molecule has 0 spiro atoms. The summed E-state index contributed by atoms with van der Waals surface area (Å²) in [5.41, 5.74) is 1.25. The maximum Gasteiger partial charge on any atom is 0.120 e. The van der Waals surface area contributed by atoms with Crippen molar-refractivity contribution in [3.05, 3.63) is 29.8 Å². The molecule has 3 nitrogen and oxygen atoms in total. The molecule has 1 unspecified atom stereocenters. The van der Waals surface area contributed by atoms with Gasteiger partial charge in [-0.25, -0.2) is 0 Å². The molecule has 1 atom stereocenters. The third-order valence-corrected chi connectivity index (χ3v) is 2.54. The van der Waals surface area contributed by atoms with E-state index in [4.69, 9.17) is 9.47 Å². The highest BCUT2D eigenvalue weighted by molar-refractivity contribution is 5.28. The molecule has 0 saturated heterocycles. The molecule has 0 bridgehead atoms. The highest BCUT2D eigenvalue weighted by Gasteiger charge is 2.02. The average Bonchev–Trinajstić information content (AvgIpc) is 2.29. The lowest BCUT2D eigenvalue weighted by Crippen LogP contribution is -2.23. The molecule has 1 aromatic carbocycles. The summed E-state index contributed by atoms with van der Waals surface area (Å²) in [6.45, 7) is 8.87. The first-order valence-corrected chi connectivity index (χ1v) is 6.57. The van der Waals surface area contributed by atoms with Gasteiger partial charge in [-0.2, -0.15) is 0 Å². The normalized spacial score (nSPS) is 12.7. The van der Waals surface area contributed by atoms with E-state index in [1.165, 1.54) is 5.56 Å². The number of ether oxygens (including phenoxy) is 2. The van der Waals surface area contributed by atoms with E-state index in [1.807, 2.05) is 26.0 Å². The van der Waals surface area contributed by atoms with Crippen molar-refractivity contribution in [2.75, 3.05) is 20.3 Å². The second-order valence-electron chi connectivity index (χ2n) is 5.01. The van der Waals surface area contributed by atoms with Crippen LogP contribution >= 0.6 is 0 Å². The van der Waals surface area contributed by atoms with Crippen LogP contribution < -0.4 is 10.1 Å². The van der Waals surface area contributed by atoms with E-state index in [0.29, 0.717) is 5.92 Å². The number of rotatable bonds is 8. The Balaban J connectivity index is 2.38. The Morgan fingerprint density at radius 3 is 2.67 bits per heavy atom. The van der Waals surface area contributed by atoms with Crippen molar-refractivity contribution in [2.24, 2.45) is 5.92 Å². The summed E-state index contributed by atoms with van der Waals surface area (Å²) in [7, 11) is 1.74. The molecule has 0 aliphatic heterocycles. The Morgan fingerprint density at radius 2 is 2.00 bits per heavy atom. The van der Waals surface area contributed by atoms with E-state index in [1.54, 1.807) is 7.11 Å². The first-order valence-electron chi connectivity index (χ1n) is 6.57. The zero-order valence-corrected chi connectivity index (χ0v) is 11.9. The van der Waals surface area contributed by atoms with Gasteiger partial charge in [0.2, 0.25) is 0 Å². The van der Waals surface area contributed by atoms with Crippen LogP contribution in [0.5, 0.6) is 5.75 Å². The van der Waals surface area contributed by atoms with E-state index in [-0.39, 0.29) is 6.10 Å². The van der Waals surface area contributed by atoms with Gasteiger partial charge < -0.3 is 14.8 Å². The van der Waals surface area contributed by atoms with Gasteiger partial charge >= 0.3 is 0 Å². The Labute approximate surface area is 110 Å². The van der Waals surface area contributed by atoms with Crippen molar-refractivity contribution in [2.45, 2.75) is 33.4 Å². The van der Waals surface area contributed by atoms with Gasteiger partial charge in [0.25, 0.3) is 0 Å². The minimum atomic E-state index is 0.218. The van der Waals surface area contributed by atoms with Crippen LogP contribution in [0, 0.1) is 5.92 Å². The van der Waals surface area contributed by atoms with Crippen molar-refractivity contribution in [3.8, 4) is 5.75 Å². The number of methoxy groups -OCH3 is 1. The third kappa shape index (κ3) is 6.03. The molecule has 18 heavy (non-hydrogen) atoms. The minimum absolute atomic E-state index is 0.218. The predicted molar refractivity (Wildman–Crippen MR) is 75.0 cm³/mol. The molecule has 1 rings (SSSR count). The monoisotopic (exact) mass is 251 g/mol. The maximum atomic E-state index is 5.67. The molecule has 0 radical (unpaired) electrons. The van der Waals surface area contributed by atoms with Gasteiger partial charge in [-0.1, -0.05) is 19.1 Å². The van der Waals surface area contributed by atoms with Crippen LogP contribution in [-0.2, 0) is 11.3 Å². The number of hydrogen-bond donors (Lipinski definition) is 1. The highest BCUT2D eigenvalue weighted by Crippen LogP contribution is 2.14. The van der Waals surface area contributed by atoms with Crippen molar-refractivity contribution in [1.82, 2.24) is 5.32 Å². The largest absolute Gasteiger partial charge is 0.491 e. The van der Waals surface area contributed by atoms with Gasteiger partial charge in [0.05, 0.1) is 6.10 Å². The van der Waals surface area contributed by atoms with Gasteiger partial charge in [-0.3, -0.25) is 0 Å². The molecule has 0 saturated carbocycles. The number of benzene rings is 1. The molecule has 1 N–H and O–H groups in total. The Bertz CT molecular complexity index is 339. The van der Waals surface area contributed by atoms with Crippen molar-refractivity contribution >= 4 is 0 Å². The van der Waals surface area contributed by atoms with Gasteiger partial charge in [-0.05, 0) is 37.5 Å². The Kier molecular flexibility index (Phi) is 6.76. The van der Waals surface area contributed by atoms with Gasteiger partial charge in [-0.15, -0.1) is 0 Å². The van der Waals surface area contributed by atoms with Crippen molar-refractivity contribution in [1.29, 1.82) is 0 Å². The standard InChI is InChI=1S/C15H25NO2/c1-12(2)18-15-7-5-6-14(8-15)10-16-9-13(3)11-17-4/h5-8,12-13,16H,9-11H2,1-4H3. The van der Waals surface area contributed by atoms with Crippen LogP contribution in [-0.4, -0.2) is 26.4 Å². The minimum Gasteiger partial charge on any atom is -0.491 e. The van der Waals surface area contributed by atoms with Crippen LogP contribution in [0.25, 0.3) is 0 Å². The van der Waals surface area contributed by atoms with Gasteiger partial charge in [0.1, 0.15) is 5.75 Å². The SMILES string of the molecule is COCC(C)CNCc1cccc(OC(C)C)c1. The van der Waals surface area contributed by atoms with Crippen LogP contribution in [0.4, 0.5) is 0 Å². The Hall–Kier alpha value is -1.06. The fourth-order valence-corrected chi connectivity index (χ4v) is 1.81. The Morgan fingerprint density at radius 1 is 1.22 bits per heavy atom. The maximum absolute atomic E-state index is 5.67. The highest BCUT2D eigenvalue weighted by atomic mass is 16.5.